The minimum Gasteiger partial charge on any atom is -0.495 e. The molecule has 0 bridgehead atoms. The number of anilines is 1. The number of nitrogen functional groups attached to an aromatic ring is 1. The Kier molecular flexibility index (Phi) is 12.6. The lowest BCUT2D eigenvalue weighted by Gasteiger charge is -2.23. The van der Waals surface area contributed by atoms with Crippen LogP contribution >= 0.6 is 11.6 Å². The van der Waals surface area contributed by atoms with Gasteiger partial charge in [0.25, 0.3) is 5.91 Å². The number of benzene rings is 1. The number of ether oxygens (including phenoxy) is 1. The van der Waals surface area contributed by atoms with Gasteiger partial charge in [0.15, 0.2) is 0 Å². The lowest BCUT2D eigenvalue weighted by atomic mass is 9.88. The number of pyridine rings is 2. The summed E-state index contributed by atoms with van der Waals surface area (Å²) in [5.74, 6) is 1.23. The SMILES string of the molecule is C=C1CC1.CC.CCC(C)c1cc(C(CNC(=O)c2cc(C=NC3CC3)c(N)c(OC)c2)C2CC2)nc(-c2ccnc(C)c2Cl)c1C. The Labute approximate surface area is 286 Å². The predicted molar refractivity (Wildman–Crippen MR) is 196 cm³/mol. The Hall–Kier alpha value is -3.71. The summed E-state index contributed by atoms with van der Waals surface area (Å²) in [6.07, 6.45) is 11.6. The first-order valence-corrected chi connectivity index (χ1v) is 17.6. The summed E-state index contributed by atoms with van der Waals surface area (Å²) in [6, 6.07) is 8.05. The molecule has 2 aromatic heterocycles. The average Bonchev–Trinajstić information content (AvgIpc) is 3.92. The molecule has 8 heteroatoms. The fourth-order valence-corrected chi connectivity index (χ4v) is 5.63. The third-order valence-electron chi connectivity index (χ3n) is 9.08. The van der Waals surface area contributed by atoms with E-state index in [1.807, 2.05) is 26.8 Å². The van der Waals surface area contributed by atoms with Crippen molar-refractivity contribution in [3.8, 4) is 17.0 Å². The largest absolute Gasteiger partial charge is 0.495 e. The summed E-state index contributed by atoms with van der Waals surface area (Å²) in [7, 11) is 1.56. The van der Waals surface area contributed by atoms with Crippen molar-refractivity contribution in [3.63, 3.8) is 0 Å². The molecule has 2 atom stereocenters. The lowest BCUT2D eigenvalue weighted by molar-refractivity contribution is 0.0949. The molecule has 6 rings (SSSR count). The van der Waals surface area contributed by atoms with Crippen LogP contribution in [-0.4, -0.2) is 41.8 Å². The number of methoxy groups -OCH3 is 1. The number of hydrogen-bond acceptors (Lipinski definition) is 6. The Balaban J connectivity index is 0.000000762. The normalized spacial score (nSPS) is 16.4. The predicted octanol–water partition coefficient (Wildman–Crippen LogP) is 9.39. The number of carbonyl (C=O) groups is 1. The van der Waals surface area contributed by atoms with Gasteiger partial charge in [-0.25, -0.2) is 0 Å². The number of rotatable bonds is 11. The van der Waals surface area contributed by atoms with Gasteiger partial charge >= 0.3 is 0 Å². The molecule has 1 amide bonds. The molecule has 0 aliphatic heterocycles. The molecule has 3 aromatic rings. The van der Waals surface area contributed by atoms with Crippen LogP contribution < -0.4 is 15.8 Å². The maximum Gasteiger partial charge on any atom is 0.251 e. The van der Waals surface area contributed by atoms with Gasteiger partial charge in [-0.2, -0.15) is 0 Å². The number of aromatic nitrogens is 2. The molecular weight excluding hydrogens is 606 g/mol. The fraction of sp³-hybridized carbons (Fsp3) is 0.487. The van der Waals surface area contributed by atoms with E-state index in [4.69, 9.17) is 27.1 Å². The zero-order chi connectivity index (χ0) is 34.2. The molecule has 3 fully saturated rings. The number of amides is 1. The van der Waals surface area contributed by atoms with E-state index in [9.17, 15) is 4.79 Å². The third kappa shape index (κ3) is 9.44. The van der Waals surface area contributed by atoms with Crippen LogP contribution in [0.15, 0.2) is 47.6 Å². The van der Waals surface area contributed by atoms with Crippen molar-refractivity contribution in [1.29, 1.82) is 0 Å². The number of nitrogens with two attached hydrogens (primary N) is 1. The number of nitrogens with zero attached hydrogens (tertiary/aromatic N) is 3. The van der Waals surface area contributed by atoms with E-state index in [-0.39, 0.29) is 11.8 Å². The number of halogens is 1. The van der Waals surface area contributed by atoms with Crippen molar-refractivity contribution in [2.75, 3.05) is 19.4 Å². The standard InChI is InChI=1S/C33H40ClN5O2.C4H6.C2H6/c1-6-18(2)26-15-28(39-32(19(26)3)25-11-12-36-20(4)30(25)34)27(21-7-8-21)17-38-33(40)22-13-23(16-37-24-9-10-24)31(35)29(14-22)41-5;1-4-2-3-4;1-2/h11-16,18,21,24,27H,6-10,17,35H2,1-5H3,(H,38,40);1-3H2;1-2H3. The van der Waals surface area contributed by atoms with Gasteiger partial charge in [-0.05, 0) is 106 Å². The van der Waals surface area contributed by atoms with Crippen LogP contribution in [0.25, 0.3) is 11.3 Å². The first-order valence-electron chi connectivity index (χ1n) is 17.2. The maximum atomic E-state index is 13.5. The molecule has 2 heterocycles. The van der Waals surface area contributed by atoms with Crippen molar-refractivity contribution in [2.45, 2.75) is 104 Å². The van der Waals surface area contributed by atoms with Crippen LogP contribution in [0, 0.1) is 19.8 Å². The molecule has 3 aliphatic carbocycles. The molecule has 47 heavy (non-hydrogen) atoms. The first kappa shape index (κ1) is 36.1. The summed E-state index contributed by atoms with van der Waals surface area (Å²) < 4.78 is 5.48. The van der Waals surface area contributed by atoms with E-state index in [2.05, 4.69) is 48.7 Å². The molecule has 1 aromatic carbocycles. The first-order chi connectivity index (χ1) is 22.6. The minimum absolute atomic E-state index is 0.0920. The van der Waals surface area contributed by atoms with Gasteiger partial charge in [-0.3, -0.25) is 19.8 Å². The summed E-state index contributed by atoms with van der Waals surface area (Å²) >= 11 is 6.75. The van der Waals surface area contributed by atoms with E-state index >= 15 is 0 Å². The summed E-state index contributed by atoms with van der Waals surface area (Å²) in [4.78, 5) is 27.6. The van der Waals surface area contributed by atoms with Crippen LogP contribution in [0.4, 0.5) is 5.69 Å². The van der Waals surface area contributed by atoms with E-state index in [0.717, 1.165) is 60.3 Å². The Morgan fingerprint density at radius 2 is 1.87 bits per heavy atom. The topological polar surface area (TPSA) is 102 Å². The zero-order valence-corrected chi connectivity index (χ0v) is 30.0. The molecule has 252 valence electrons. The lowest BCUT2D eigenvalue weighted by Crippen LogP contribution is -2.30. The zero-order valence-electron chi connectivity index (χ0n) is 29.3. The van der Waals surface area contributed by atoms with Gasteiger partial charge in [0.05, 0.1) is 35.2 Å². The number of allylic oxidation sites excluding steroid dienone is 1. The third-order valence-corrected chi connectivity index (χ3v) is 9.56. The van der Waals surface area contributed by atoms with Gasteiger partial charge in [-0.15, -0.1) is 0 Å². The number of nitrogens with one attached hydrogen (secondary N) is 1. The van der Waals surface area contributed by atoms with Crippen molar-refractivity contribution in [3.05, 3.63) is 81.3 Å². The second-order valence-electron chi connectivity index (χ2n) is 12.8. The minimum atomic E-state index is -0.169. The summed E-state index contributed by atoms with van der Waals surface area (Å²) in [6.45, 7) is 16.7. The average molecular weight is 658 g/mol. The summed E-state index contributed by atoms with van der Waals surface area (Å²) in [5.41, 5.74) is 15.4. The van der Waals surface area contributed by atoms with E-state index in [1.165, 1.54) is 24.0 Å². The highest BCUT2D eigenvalue weighted by molar-refractivity contribution is 6.33. The van der Waals surface area contributed by atoms with E-state index in [0.29, 0.717) is 52.0 Å². The van der Waals surface area contributed by atoms with Gasteiger partial charge in [0, 0.05) is 47.3 Å². The molecule has 7 nitrogen and oxygen atoms in total. The van der Waals surface area contributed by atoms with Crippen LogP contribution in [0.3, 0.4) is 0 Å². The number of aryl methyl sites for hydroxylation is 1. The van der Waals surface area contributed by atoms with E-state index < -0.39 is 0 Å². The van der Waals surface area contributed by atoms with Crippen LogP contribution in [-0.2, 0) is 0 Å². The van der Waals surface area contributed by atoms with Crippen molar-refractivity contribution < 1.29 is 9.53 Å². The highest BCUT2D eigenvalue weighted by Crippen LogP contribution is 2.44. The van der Waals surface area contributed by atoms with E-state index in [1.54, 1.807) is 31.7 Å². The van der Waals surface area contributed by atoms with Crippen LogP contribution in [0.1, 0.15) is 123 Å². The Morgan fingerprint density at radius 1 is 1.19 bits per heavy atom. The monoisotopic (exact) mass is 657 g/mol. The summed E-state index contributed by atoms with van der Waals surface area (Å²) in [5, 5.41) is 3.82. The molecular formula is C39H52ClN5O2. The van der Waals surface area contributed by atoms with Gasteiger partial charge < -0.3 is 15.8 Å². The highest BCUT2D eigenvalue weighted by atomic mass is 35.5. The molecule has 3 aliphatic rings. The second kappa shape index (κ2) is 16.4. The molecule has 3 N–H and O–H groups in total. The maximum absolute atomic E-state index is 13.5. The van der Waals surface area contributed by atoms with Crippen LogP contribution in [0.2, 0.25) is 5.02 Å². The molecule has 0 saturated heterocycles. The molecule has 3 saturated carbocycles. The number of carbonyl (C=O) groups excluding carboxylic acids is 1. The molecule has 0 radical (unpaired) electrons. The van der Waals surface area contributed by atoms with Crippen molar-refractivity contribution in [1.82, 2.24) is 15.3 Å². The number of hydrogen-bond donors (Lipinski definition) is 2. The molecule has 0 spiro atoms. The Bertz CT molecular complexity index is 1600. The highest BCUT2D eigenvalue weighted by Gasteiger charge is 2.35. The fourth-order valence-electron chi connectivity index (χ4n) is 5.43. The second-order valence-corrected chi connectivity index (χ2v) is 13.1. The number of aliphatic imine (C=N–C) groups is 1. The van der Waals surface area contributed by atoms with Gasteiger partial charge in [-0.1, -0.05) is 51.4 Å². The van der Waals surface area contributed by atoms with Crippen LogP contribution in [0.5, 0.6) is 5.75 Å². The van der Waals surface area contributed by atoms with Gasteiger partial charge in [0.1, 0.15) is 5.75 Å². The van der Waals surface area contributed by atoms with Crippen molar-refractivity contribution in [2.24, 2.45) is 10.9 Å². The quantitative estimate of drug-likeness (QED) is 0.121. The molecule has 2 unspecified atom stereocenters. The van der Waals surface area contributed by atoms with Crippen molar-refractivity contribution >= 4 is 29.4 Å². The van der Waals surface area contributed by atoms with Gasteiger partial charge in [0.2, 0.25) is 0 Å². The smallest absolute Gasteiger partial charge is 0.251 e. The Morgan fingerprint density at radius 3 is 2.45 bits per heavy atom.